The van der Waals surface area contributed by atoms with Crippen molar-refractivity contribution in [3.8, 4) is 0 Å². The molecule has 1 aliphatic rings. The lowest BCUT2D eigenvalue weighted by atomic mass is 10.1. The fourth-order valence-corrected chi connectivity index (χ4v) is 3.25. The van der Waals surface area contributed by atoms with Crippen LogP contribution in [-0.2, 0) is 23.6 Å². The summed E-state index contributed by atoms with van der Waals surface area (Å²) in [5, 5.41) is 0.615. The van der Waals surface area contributed by atoms with Crippen molar-refractivity contribution in [3.63, 3.8) is 0 Å². The Bertz CT molecular complexity index is 453. The van der Waals surface area contributed by atoms with Crippen LogP contribution in [0.4, 0.5) is 0 Å². The number of amides is 2. The first kappa shape index (κ1) is 18.8. The molecule has 1 saturated heterocycles. The van der Waals surface area contributed by atoms with Crippen LogP contribution in [0.1, 0.15) is 47.5 Å². The van der Waals surface area contributed by atoms with Crippen molar-refractivity contribution in [3.05, 3.63) is 0 Å². The minimum Gasteiger partial charge on any atom is -0.413 e. The first-order valence-corrected chi connectivity index (χ1v) is 10.5. The van der Waals surface area contributed by atoms with E-state index >= 15 is 0 Å². The van der Waals surface area contributed by atoms with E-state index in [2.05, 4.69) is 33.9 Å². The minimum absolute atomic E-state index is 0.0335. The second kappa shape index (κ2) is 6.50. The highest BCUT2D eigenvalue weighted by atomic mass is 28.4. The van der Waals surface area contributed by atoms with Crippen LogP contribution >= 0.6 is 0 Å². The van der Waals surface area contributed by atoms with Crippen molar-refractivity contribution in [2.45, 2.75) is 71.7 Å². The summed E-state index contributed by atoms with van der Waals surface area (Å²) in [5.74, 6) is -2.11. The Morgan fingerprint density at radius 3 is 2.00 bits per heavy atom. The van der Waals surface area contributed by atoms with Crippen LogP contribution < -0.4 is 0 Å². The average Bonchev–Trinajstić information content (AvgIpc) is 2.67. The minimum atomic E-state index is -2.00. The summed E-state index contributed by atoms with van der Waals surface area (Å²) in [7, 11) is -2.00. The molecule has 2 atom stereocenters. The standard InChI is InChI=1S/C15H27NO5Si/c1-10(11(2)21-22(6,7)15(3,4)5)14(19)20-16-12(17)8-9-13(16)18/h10-11H,8-9H2,1-7H3/t10-,11+/m0/s1. The second-order valence-corrected chi connectivity index (χ2v) is 12.1. The number of carbonyl (C=O) groups is 3. The summed E-state index contributed by atoms with van der Waals surface area (Å²) in [6, 6.07) is 0. The molecule has 7 heteroatoms. The molecule has 1 rings (SSSR count). The fourth-order valence-electron chi connectivity index (χ4n) is 1.77. The quantitative estimate of drug-likeness (QED) is 0.573. The van der Waals surface area contributed by atoms with Crippen LogP contribution in [0.2, 0.25) is 18.1 Å². The number of nitrogens with zero attached hydrogens (tertiary/aromatic N) is 1. The van der Waals surface area contributed by atoms with Crippen molar-refractivity contribution < 1.29 is 23.6 Å². The Balaban J connectivity index is 2.66. The van der Waals surface area contributed by atoms with Crippen LogP contribution in [0.3, 0.4) is 0 Å². The lowest BCUT2D eigenvalue weighted by Gasteiger charge is -2.39. The predicted octanol–water partition coefficient (Wildman–Crippen LogP) is 2.64. The summed E-state index contributed by atoms with van der Waals surface area (Å²) >= 11 is 0. The Hall–Kier alpha value is -1.21. The molecule has 22 heavy (non-hydrogen) atoms. The third-order valence-corrected chi connectivity index (χ3v) is 9.12. The van der Waals surface area contributed by atoms with Gasteiger partial charge in [-0.25, -0.2) is 4.79 Å². The van der Waals surface area contributed by atoms with Gasteiger partial charge >= 0.3 is 5.97 Å². The molecule has 0 unspecified atom stereocenters. The Morgan fingerprint density at radius 2 is 1.59 bits per heavy atom. The van der Waals surface area contributed by atoms with E-state index in [0.717, 1.165) is 0 Å². The van der Waals surface area contributed by atoms with Gasteiger partial charge in [0.2, 0.25) is 0 Å². The maximum atomic E-state index is 12.1. The maximum absolute atomic E-state index is 12.1. The van der Waals surface area contributed by atoms with Crippen molar-refractivity contribution in [1.29, 1.82) is 0 Å². The summed E-state index contributed by atoms with van der Waals surface area (Å²) in [5.41, 5.74) is 0. The van der Waals surface area contributed by atoms with Gasteiger partial charge in [0.1, 0.15) is 0 Å². The molecule has 0 spiro atoms. The molecule has 0 aromatic heterocycles. The lowest BCUT2D eigenvalue weighted by molar-refractivity contribution is -0.202. The van der Waals surface area contributed by atoms with E-state index < -0.39 is 32.0 Å². The number of carbonyl (C=O) groups excluding carboxylic acids is 3. The molecule has 0 aromatic rings. The second-order valence-electron chi connectivity index (χ2n) is 7.36. The summed E-state index contributed by atoms with van der Waals surface area (Å²) < 4.78 is 6.15. The van der Waals surface area contributed by atoms with Gasteiger partial charge in [-0.2, -0.15) is 0 Å². The lowest BCUT2D eigenvalue weighted by Crippen LogP contribution is -2.46. The van der Waals surface area contributed by atoms with Gasteiger partial charge in [0, 0.05) is 12.8 Å². The summed E-state index contributed by atoms with van der Waals surface area (Å²) in [4.78, 5) is 40.0. The average molecular weight is 329 g/mol. The summed E-state index contributed by atoms with van der Waals surface area (Å²) in [6.07, 6.45) is -0.159. The first-order valence-electron chi connectivity index (χ1n) is 7.62. The van der Waals surface area contributed by atoms with E-state index in [9.17, 15) is 14.4 Å². The zero-order chi connectivity index (χ0) is 17.3. The molecule has 0 saturated carbocycles. The van der Waals surface area contributed by atoms with Gasteiger partial charge in [0.25, 0.3) is 11.8 Å². The molecule has 1 heterocycles. The molecule has 0 radical (unpaired) electrons. The Kier molecular flexibility index (Phi) is 5.56. The van der Waals surface area contributed by atoms with Crippen molar-refractivity contribution >= 4 is 26.1 Å². The van der Waals surface area contributed by atoms with Gasteiger partial charge in [0.05, 0.1) is 12.0 Å². The molecule has 6 nitrogen and oxygen atoms in total. The number of hydroxylamine groups is 2. The molecule has 2 amide bonds. The van der Waals surface area contributed by atoms with Crippen LogP contribution in [-0.4, -0.2) is 37.3 Å². The van der Waals surface area contributed by atoms with E-state index in [0.29, 0.717) is 5.06 Å². The van der Waals surface area contributed by atoms with Crippen LogP contribution in [0.25, 0.3) is 0 Å². The molecule has 0 aromatic carbocycles. The molecular formula is C15H27NO5Si. The van der Waals surface area contributed by atoms with Crippen LogP contribution in [0, 0.1) is 5.92 Å². The van der Waals surface area contributed by atoms with Crippen LogP contribution in [0.15, 0.2) is 0 Å². The highest BCUT2D eigenvalue weighted by molar-refractivity contribution is 6.74. The maximum Gasteiger partial charge on any atom is 0.338 e. The molecule has 0 N–H and O–H groups in total. The molecule has 1 fully saturated rings. The van der Waals surface area contributed by atoms with E-state index in [1.807, 2.05) is 6.92 Å². The van der Waals surface area contributed by atoms with Gasteiger partial charge in [-0.3, -0.25) is 9.59 Å². The molecule has 0 bridgehead atoms. The van der Waals surface area contributed by atoms with Gasteiger partial charge in [-0.15, -0.1) is 5.06 Å². The van der Waals surface area contributed by atoms with E-state index in [-0.39, 0.29) is 24.0 Å². The Labute approximate surface area is 133 Å². The topological polar surface area (TPSA) is 72.9 Å². The Morgan fingerprint density at radius 1 is 1.14 bits per heavy atom. The normalized spacial score (nSPS) is 19.3. The molecular weight excluding hydrogens is 302 g/mol. The van der Waals surface area contributed by atoms with Crippen molar-refractivity contribution in [2.24, 2.45) is 5.92 Å². The molecule has 0 aliphatic carbocycles. The highest BCUT2D eigenvalue weighted by Gasteiger charge is 2.41. The van der Waals surface area contributed by atoms with Gasteiger partial charge in [-0.1, -0.05) is 20.8 Å². The number of hydrogen-bond donors (Lipinski definition) is 0. The zero-order valence-corrected chi connectivity index (χ0v) is 15.6. The largest absolute Gasteiger partial charge is 0.413 e. The van der Waals surface area contributed by atoms with Crippen molar-refractivity contribution in [1.82, 2.24) is 5.06 Å². The van der Waals surface area contributed by atoms with Gasteiger partial charge in [0.15, 0.2) is 8.32 Å². The fraction of sp³-hybridized carbons (Fsp3) is 0.800. The SMILES string of the molecule is C[C@H](C(=O)ON1C(=O)CCC1=O)[C@@H](C)O[Si](C)(C)C(C)(C)C. The summed E-state index contributed by atoms with van der Waals surface area (Å²) in [6.45, 7) is 14.1. The highest BCUT2D eigenvalue weighted by Crippen LogP contribution is 2.38. The van der Waals surface area contributed by atoms with Crippen molar-refractivity contribution in [2.75, 3.05) is 0 Å². The van der Waals surface area contributed by atoms with E-state index in [1.165, 1.54) is 0 Å². The number of rotatable bonds is 5. The zero-order valence-electron chi connectivity index (χ0n) is 14.6. The first-order chi connectivity index (χ1) is 9.86. The van der Waals surface area contributed by atoms with E-state index in [4.69, 9.17) is 9.26 Å². The van der Waals surface area contributed by atoms with E-state index in [1.54, 1.807) is 6.92 Å². The third kappa shape index (κ3) is 4.16. The monoisotopic (exact) mass is 329 g/mol. The third-order valence-electron chi connectivity index (χ3n) is 4.55. The van der Waals surface area contributed by atoms with Gasteiger partial charge < -0.3 is 9.26 Å². The molecule has 126 valence electrons. The predicted molar refractivity (Wildman–Crippen MR) is 84.1 cm³/mol. The molecule has 1 aliphatic heterocycles. The number of imide groups is 1. The number of hydrogen-bond acceptors (Lipinski definition) is 5. The van der Waals surface area contributed by atoms with Gasteiger partial charge in [-0.05, 0) is 32.0 Å². The smallest absolute Gasteiger partial charge is 0.338 e. The van der Waals surface area contributed by atoms with Crippen LogP contribution in [0.5, 0.6) is 0 Å².